The quantitative estimate of drug-likeness (QED) is 0.0431. The van der Waals surface area contributed by atoms with Crippen LogP contribution in [0.25, 0.3) is 65.7 Å². The lowest BCUT2D eigenvalue weighted by molar-refractivity contribution is -0.275. The van der Waals surface area contributed by atoms with Crippen molar-refractivity contribution < 1.29 is 83.4 Å². The Kier molecular flexibility index (Phi) is 25.7. The first-order valence-corrected chi connectivity index (χ1v) is 29.4. The van der Waals surface area contributed by atoms with E-state index in [2.05, 4.69) is 45.1 Å². The van der Waals surface area contributed by atoms with Crippen LogP contribution < -0.4 is 47.4 Å². The molecule has 12 aromatic rings. The van der Waals surface area contributed by atoms with Crippen molar-refractivity contribution in [3.8, 4) is 50.6 Å². The Morgan fingerprint density at radius 3 is 0.814 bits per heavy atom. The number of aliphatic hydroxyl groups is 3. The summed E-state index contributed by atoms with van der Waals surface area (Å²) in [6.07, 6.45) is -14.0. The summed E-state index contributed by atoms with van der Waals surface area (Å²) in [5.41, 5.74) is 23.6. The number of hydrogen-bond acceptors (Lipinski definition) is 15. The van der Waals surface area contributed by atoms with E-state index in [0.717, 1.165) is 32.3 Å². The zero-order valence-corrected chi connectivity index (χ0v) is 54.7. The molecule has 30 heteroatoms. The summed E-state index contributed by atoms with van der Waals surface area (Å²) >= 11 is 0. The number of aromatic nitrogens is 3. The summed E-state index contributed by atoms with van der Waals surface area (Å²) in [4.78, 5) is 49.9. The molecule has 3 heterocycles. The predicted molar refractivity (Wildman–Crippen MR) is 377 cm³/mol. The third-order valence-electron chi connectivity index (χ3n) is 14.8. The van der Waals surface area contributed by atoms with E-state index in [4.69, 9.17) is 17.2 Å². The molecule has 3 amide bonds. The lowest BCUT2D eigenvalue weighted by atomic mass is 10.00. The smallest absolute Gasteiger partial charge is 0.406 e. The zero-order chi connectivity index (χ0) is 70.8. The molecule has 3 unspecified atom stereocenters. The SMILES string of the molecule is Cl.Cl.Cl.Nc1nccc2cc(NC(=O)C(O)c3cccc(-c4ccc(OC(F)(F)F)cc4)c3)ccc12.Nc1nccc2cc(NC(=O)C(O)c3cccc(-c4ccc(OC(F)(F)F)cc4)c3)ccc12.Nc1nccc2cc(NC(=O)C(O)c3cccc(-c4ccc(OC(F)(F)F)cc4)c3)ccc12. The number of nitrogens with one attached hydrogen (secondary N) is 3. The number of aliphatic hydroxyl groups excluding tert-OH is 3. The molecule has 0 spiro atoms. The number of halogens is 12. The van der Waals surface area contributed by atoms with Crippen LogP contribution in [0.3, 0.4) is 0 Å². The third-order valence-corrected chi connectivity index (χ3v) is 14.8. The highest BCUT2D eigenvalue weighted by Gasteiger charge is 2.33. The number of nitrogens with zero attached hydrogens (tertiary/aromatic N) is 3. The van der Waals surface area contributed by atoms with Crippen molar-refractivity contribution in [2.45, 2.75) is 37.4 Å². The van der Waals surface area contributed by atoms with E-state index >= 15 is 0 Å². The van der Waals surface area contributed by atoms with E-state index < -0.39 is 55.1 Å². The van der Waals surface area contributed by atoms with Gasteiger partial charge >= 0.3 is 19.1 Å². The van der Waals surface area contributed by atoms with Gasteiger partial charge in [0.25, 0.3) is 17.7 Å². The Hall–Kier alpha value is -11.5. The maximum atomic E-state index is 12.6. The lowest BCUT2D eigenvalue weighted by Gasteiger charge is -2.14. The van der Waals surface area contributed by atoms with Gasteiger partial charge in [-0.05, 0) is 194 Å². The fourth-order valence-corrected chi connectivity index (χ4v) is 10.1. The largest absolute Gasteiger partial charge is 0.573 e. The molecule has 12 N–H and O–H groups in total. The topological polar surface area (TPSA) is 292 Å². The molecule has 18 nitrogen and oxygen atoms in total. The number of alkyl halides is 9. The number of nitrogen functional groups attached to an aromatic ring is 3. The number of hydrogen-bond donors (Lipinski definition) is 9. The van der Waals surface area contributed by atoms with E-state index in [9.17, 15) is 69.2 Å². The van der Waals surface area contributed by atoms with E-state index in [1.54, 1.807) is 164 Å². The van der Waals surface area contributed by atoms with Gasteiger partial charge in [0, 0.05) is 51.8 Å². The molecule has 0 aliphatic heterocycles. The molecule has 0 aliphatic carbocycles. The second-order valence-corrected chi connectivity index (χ2v) is 21.7. The first-order chi connectivity index (χ1) is 47.1. The average molecular weight is 1470 g/mol. The van der Waals surface area contributed by atoms with Crippen molar-refractivity contribution in [2.24, 2.45) is 0 Å². The summed E-state index contributed by atoms with van der Waals surface area (Å²) in [5.74, 6) is -1.80. The molecule has 3 atom stereocenters. The number of benzene rings is 9. The van der Waals surface area contributed by atoms with Crippen LogP contribution in [0, 0.1) is 0 Å². The summed E-state index contributed by atoms with van der Waals surface area (Å²) < 4.78 is 123. The van der Waals surface area contributed by atoms with Gasteiger partial charge in [-0.15, -0.1) is 76.7 Å². The molecule has 0 aliphatic rings. The Morgan fingerprint density at radius 2 is 0.578 bits per heavy atom. The number of anilines is 6. The molecule has 0 saturated carbocycles. The highest BCUT2D eigenvalue weighted by atomic mass is 35.5. The number of carbonyl (C=O) groups excluding carboxylic acids is 3. The van der Waals surface area contributed by atoms with Gasteiger partial charge in [0.05, 0.1) is 0 Å². The third kappa shape index (κ3) is 20.8. The predicted octanol–water partition coefficient (Wildman–Crippen LogP) is 16.4. The molecule has 0 saturated heterocycles. The highest BCUT2D eigenvalue weighted by molar-refractivity contribution is 6.02. The fourth-order valence-electron chi connectivity index (χ4n) is 10.1. The number of pyridine rings is 3. The van der Waals surface area contributed by atoms with Crippen LogP contribution in [0.2, 0.25) is 0 Å². The van der Waals surface area contributed by atoms with Crippen LogP contribution >= 0.6 is 37.2 Å². The maximum Gasteiger partial charge on any atom is 0.573 e. The van der Waals surface area contributed by atoms with Gasteiger partial charge in [-0.1, -0.05) is 91.0 Å². The molecule has 0 fully saturated rings. The Labute approximate surface area is 592 Å². The Morgan fingerprint density at radius 1 is 0.333 bits per heavy atom. The van der Waals surface area contributed by atoms with Gasteiger partial charge in [0.2, 0.25) is 0 Å². The normalized spacial score (nSPS) is 12.0. The lowest BCUT2D eigenvalue weighted by Crippen LogP contribution is -2.20. The molecule has 9 aromatic carbocycles. The van der Waals surface area contributed by atoms with Gasteiger partial charge in [-0.2, -0.15) is 0 Å². The minimum absolute atomic E-state index is 0. The molecule has 0 radical (unpaired) electrons. The van der Waals surface area contributed by atoms with Gasteiger partial charge in [0.1, 0.15) is 34.7 Å². The first kappa shape index (κ1) is 77.9. The van der Waals surface area contributed by atoms with Gasteiger partial charge in [-0.3, -0.25) is 14.4 Å². The minimum atomic E-state index is -4.77. The monoisotopic (exact) mass is 1470 g/mol. The van der Waals surface area contributed by atoms with Crippen molar-refractivity contribution in [3.63, 3.8) is 0 Å². The number of nitrogens with two attached hydrogens (primary N) is 3. The van der Waals surface area contributed by atoms with Gasteiger partial charge in [-0.25, -0.2) is 15.0 Å². The number of fused-ring (bicyclic) bond motifs is 3. The molecular formula is C72H57Cl3F9N9O9. The summed E-state index contributed by atoms with van der Waals surface area (Å²) in [5, 5.41) is 44.3. The highest BCUT2D eigenvalue weighted by Crippen LogP contribution is 2.34. The van der Waals surface area contributed by atoms with Crippen molar-refractivity contribution in [3.05, 3.63) is 254 Å². The Balaban J connectivity index is 0.000000211. The molecule has 12 rings (SSSR count). The van der Waals surface area contributed by atoms with E-state index in [1.807, 2.05) is 0 Å². The van der Waals surface area contributed by atoms with Crippen molar-refractivity contribution in [1.29, 1.82) is 0 Å². The van der Waals surface area contributed by atoms with Crippen LogP contribution in [0.15, 0.2) is 237 Å². The molecule has 0 bridgehead atoms. The zero-order valence-electron chi connectivity index (χ0n) is 52.2. The number of ether oxygens (including phenoxy) is 3. The standard InChI is InChI=1S/3C24H18F3N3O3.3ClH/c3*25-24(26,27)33-19-7-4-14(5-8-19)15-2-1-3-17(12-15)21(31)23(32)30-18-6-9-20-16(13-18)10-11-29-22(20)28;;;/h3*1-13,21,31H,(H2,28,29)(H,30,32);3*1H. The number of carbonyl (C=O) groups is 3. The van der Waals surface area contributed by atoms with Crippen LogP contribution in [0.1, 0.15) is 35.0 Å². The molecular weight excluding hydrogens is 1410 g/mol. The summed E-state index contributed by atoms with van der Waals surface area (Å²) in [7, 11) is 0. The average Bonchev–Trinajstić information content (AvgIpc) is 0.832. The maximum absolute atomic E-state index is 12.6. The van der Waals surface area contributed by atoms with Crippen LogP contribution in [-0.2, 0) is 14.4 Å². The van der Waals surface area contributed by atoms with Gasteiger partial charge < -0.3 is 62.7 Å². The number of rotatable bonds is 15. The summed E-state index contributed by atoms with van der Waals surface area (Å²) in [6.45, 7) is 0. The molecule has 528 valence electrons. The molecule has 102 heavy (non-hydrogen) atoms. The van der Waals surface area contributed by atoms with Gasteiger partial charge in [0.15, 0.2) is 18.3 Å². The van der Waals surface area contributed by atoms with Crippen molar-refractivity contribution in [1.82, 2.24) is 15.0 Å². The first-order valence-electron chi connectivity index (χ1n) is 29.4. The van der Waals surface area contributed by atoms with Crippen LogP contribution in [-0.4, -0.2) is 67.1 Å². The molecule has 3 aromatic heterocycles. The van der Waals surface area contributed by atoms with E-state index in [0.29, 0.717) is 84.6 Å². The van der Waals surface area contributed by atoms with Crippen LogP contribution in [0.4, 0.5) is 74.0 Å². The van der Waals surface area contributed by atoms with E-state index in [-0.39, 0.29) is 54.5 Å². The fraction of sp³-hybridized carbons (Fsp3) is 0.0833. The Bertz CT molecular complexity index is 4430. The second kappa shape index (κ2) is 33.6. The minimum Gasteiger partial charge on any atom is -0.406 e. The second-order valence-electron chi connectivity index (χ2n) is 21.7. The number of amides is 3. The van der Waals surface area contributed by atoms with Crippen molar-refractivity contribution >= 4 is 122 Å². The van der Waals surface area contributed by atoms with Crippen molar-refractivity contribution in [2.75, 3.05) is 33.2 Å². The summed E-state index contributed by atoms with van der Waals surface area (Å²) in [6, 6.07) is 56.2. The van der Waals surface area contributed by atoms with Crippen LogP contribution in [0.5, 0.6) is 17.2 Å². The van der Waals surface area contributed by atoms with E-state index in [1.165, 1.54) is 72.8 Å².